The highest BCUT2D eigenvalue weighted by Gasteiger charge is 2.49. The standard InChI is InChI=1S/C11H18O2/c1-8(2)10(12)3-9-4-11(5-9)6-13-7-11/h8-9H,3-7H2,1-2H3. The fourth-order valence-corrected chi connectivity index (χ4v) is 2.46. The van der Waals surface area contributed by atoms with E-state index in [1.165, 1.54) is 12.8 Å². The topological polar surface area (TPSA) is 26.3 Å². The van der Waals surface area contributed by atoms with Crippen LogP contribution in [0.15, 0.2) is 0 Å². The Kier molecular flexibility index (Phi) is 2.18. The molecule has 0 radical (unpaired) electrons. The Labute approximate surface area is 79.7 Å². The van der Waals surface area contributed by atoms with Crippen molar-refractivity contribution in [3.8, 4) is 0 Å². The van der Waals surface area contributed by atoms with Crippen LogP contribution in [0.4, 0.5) is 0 Å². The van der Waals surface area contributed by atoms with Crippen molar-refractivity contribution in [2.45, 2.75) is 33.1 Å². The van der Waals surface area contributed by atoms with Gasteiger partial charge in [0.05, 0.1) is 13.2 Å². The molecule has 2 rings (SSSR count). The summed E-state index contributed by atoms with van der Waals surface area (Å²) < 4.78 is 5.20. The molecule has 1 aliphatic heterocycles. The largest absolute Gasteiger partial charge is 0.380 e. The minimum absolute atomic E-state index is 0.217. The molecule has 0 aromatic heterocycles. The van der Waals surface area contributed by atoms with Crippen molar-refractivity contribution in [3.63, 3.8) is 0 Å². The maximum atomic E-state index is 11.4. The van der Waals surface area contributed by atoms with E-state index >= 15 is 0 Å². The minimum Gasteiger partial charge on any atom is -0.380 e. The number of ether oxygens (including phenoxy) is 1. The van der Waals surface area contributed by atoms with Crippen LogP contribution >= 0.6 is 0 Å². The quantitative estimate of drug-likeness (QED) is 0.667. The first-order chi connectivity index (χ1) is 6.11. The summed E-state index contributed by atoms with van der Waals surface area (Å²) in [6.07, 6.45) is 3.26. The number of carbonyl (C=O) groups excluding carboxylic acids is 1. The van der Waals surface area contributed by atoms with Crippen molar-refractivity contribution >= 4 is 5.78 Å². The van der Waals surface area contributed by atoms with Gasteiger partial charge in [-0.2, -0.15) is 0 Å². The van der Waals surface area contributed by atoms with Crippen molar-refractivity contribution in [1.82, 2.24) is 0 Å². The lowest BCUT2D eigenvalue weighted by Gasteiger charge is -2.53. The van der Waals surface area contributed by atoms with Gasteiger partial charge in [0.1, 0.15) is 5.78 Å². The van der Waals surface area contributed by atoms with E-state index in [4.69, 9.17) is 4.74 Å². The predicted molar refractivity (Wildman–Crippen MR) is 50.4 cm³/mol. The summed E-state index contributed by atoms with van der Waals surface area (Å²) in [6, 6.07) is 0. The number of hydrogen-bond acceptors (Lipinski definition) is 2. The molecule has 0 atom stereocenters. The summed E-state index contributed by atoms with van der Waals surface area (Å²) in [6.45, 7) is 5.87. The van der Waals surface area contributed by atoms with E-state index in [9.17, 15) is 4.79 Å². The Hall–Kier alpha value is -0.370. The Balaban J connectivity index is 1.72. The van der Waals surface area contributed by atoms with Crippen LogP contribution in [0, 0.1) is 17.3 Å². The molecule has 0 aromatic carbocycles. The first-order valence-electron chi connectivity index (χ1n) is 5.22. The zero-order chi connectivity index (χ0) is 9.47. The minimum atomic E-state index is 0.217. The van der Waals surface area contributed by atoms with Crippen molar-refractivity contribution in [2.24, 2.45) is 17.3 Å². The molecule has 1 heterocycles. The van der Waals surface area contributed by atoms with Gasteiger partial charge < -0.3 is 4.74 Å². The van der Waals surface area contributed by atoms with Crippen LogP contribution in [0.5, 0.6) is 0 Å². The van der Waals surface area contributed by atoms with E-state index < -0.39 is 0 Å². The maximum Gasteiger partial charge on any atom is 0.135 e. The fourth-order valence-electron chi connectivity index (χ4n) is 2.46. The predicted octanol–water partition coefficient (Wildman–Crippen LogP) is 2.03. The van der Waals surface area contributed by atoms with Crippen LogP contribution in [0.25, 0.3) is 0 Å². The smallest absolute Gasteiger partial charge is 0.135 e. The Morgan fingerprint density at radius 1 is 1.46 bits per heavy atom. The van der Waals surface area contributed by atoms with E-state index in [0.717, 1.165) is 19.6 Å². The van der Waals surface area contributed by atoms with Crippen LogP contribution in [0.1, 0.15) is 33.1 Å². The van der Waals surface area contributed by atoms with Gasteiger partial charge in [-0.3, -0.25) is 4.79 Å². The van der Waals surface area contributed by atoms with Crippen LogP contribution < -0.4 is 0 Å². The highest BCUT2D eigenvalue weighted by Crippen LogP contribution is 2.52. The van der Waals surface area contributed by atoms with Gasteiger partial charge in [-0.15, -0.1) is 0 Å². The van der Waals surface area contributed by atoms with Gasteiger partial charge in [-0.1, -0.05) is 13.8 Å². The Morgan fingerprint density at radius 2 is 2.08 bits per heavy atom. The molecule has 74 valence electrons. The van der Waals surface area contributed by atoms with Crippen LogP contribution in [-0.2, 0) is 9.53 Å². The fraction of sp³-hybridized carbons (Fsp3) is 0.909. The molecule has 1 aliphatic carbocycles. The second-order valence-corrected chi connectivity index (χ2v) is 5.09. The normalized spacial score (nSPS) is 25.8. The van der Waals surface area contributed by atoms with Gasteiger partial charge in [0.25, 0.3) is 0 Å². The van der Waals surface area contributed by atoms with Crippen LogP contribution in [0.2, 0.25) is 0 Å². The van der Waals surface area contributed by atoms with E-state index in [-0.39, 0.29) is 5.92 Å². The van der Waals surface area contributed by atoms with E-state index in [0.29, 0.717) is 17.1 Å². The zero-order valence-corrected chi connectivity index (χ0v) is 8.51. The number of rotatable bonds is 3. The van der Waals surface area contributed by atoms with Crippen molar-refractivity contribution in [3.05, 3.63) is 0 Å². The summed E-state index contributed by atoms with van der Waals surface area (Å²) >= 11 is 0. The third-order valence-electron chi connectivity index (χ3n) is 3.39. The summed E-state index contributed by atoms with van der Waals surface area (Å²) in [4.78, 5) is 11.4. The molecule has 1 spiro atoms. The molecular weight excluding hydrogens is 164 g/mol. The van der Waals surface area contributed by atoms with Gasteiger partial charge >= 0.3 is 0 Å². The lowest BCUT2D eigenvalue weighted by molar-refractivity contribution is -0.180. The molecule has 0 amide bonds. The molecule has 0 aromatic rings. The lowest BCUT2D eigenvalue weighted by atomic mass is 9.59. The lowest BCUT2D eigenvalue weighted by Crippen LogP contribution is -2.52. The third-order valence-corrected chi connectivity index (χ3v) is 3.39. The molecule has 2 heteroatoms. The highest BCUT2D eigenvalue weighted by atomic mass is 16.5. The molecule has 2 fully saturated rings. The summed E-state index contributed by atoms with van der Waals surface area (Å²) in [5.74, 6) is 1.31. The molecule has 2 nitrogen and oxygen atoms in total. The second-order valence-electron chi connectivity index (χ2n) is 5.09. The molecule has 1 saturated heterocycles. The molecular formula is C11H18O2. The van der Waals surface area contributed by atoms with E-state index in [1.807, 2.05) is 13.8 Å². The first kappa shape index (κ1) is 9.20. The monoisotopic (exact) mass is 182 g/mol. The van der Waals surface area contributed by atoms with Gasteiger partial charge in [0.15, 0.2) is 0 Å². The molecule has 13 heavy (non-hydrogen) atoms. The number of hydrogen-bond donors (Lipinski definition) is 0. The van der Waals surface area contributed by atoms with E-state index in [2.05, 4.69) is 0 Å². The summed E-state index contributed by atoms with van der Waals surface area (Å²) in [5, 5.41) is 0. The Bertz CT molecular complexity index is 208. The van der Waals surface area contributed by atoms with Gasteiger partial charge in [0.2, 0.25) is 0 Å². The second kappa shape index (κ2) is 3.09. The van der Waals surface area contributed by atoms with Gasteiger partial charge in [0, 0.05) is 17.8 Å². The average Bonchev–Trinajstić information content (AvgIpc) is 1.90. The molecule has 2 aliphatic rings. The summed E-state index contributed by atoms with van der Waals surface area (Å²) in [7, 11) is 0. The highest BCUT2D eigenvalue weighted by molar-refractivity contribution is 5.80. The van der Waals surface area contributed by atoms with Crippen molar-refractivity contribution in [2.75, 3.05) is 13.2 Å². The van der Waals surface area contributed by atoms with Crippen LogP contribution in [-0.4, -0.2) is 19.0 Å². The number of Topliss-reactive ketones (excluding diaryl/α,β-unsaturated/α-hetero) is 1. The Morgan fingerprint density at radius 3 is 2.46 bits per heavy atom. The van der Waals surface area contributed by atoms with Gasteiger partial charge in [-0.25, -0.2) is 0 Å². The maximum absolute atomic E-state index is 11.4. The van der Waals surface area contributed by atoms with Gasteiger partial charge in [-0.05, 0) is 18.8 Å². The van der Waals surface area contributed by atoms with Crippen molar-refractivity contribution < 1.29 is 9.53 Å². The molecule has 1 saturated carbocycles. The average molecular weight is 182 g/mol. The van der Waals surface area contributed by atoms with E-state index in [1.54, 1.807) is 0 Å². The SMILES string of the molecule is CC(C)C(=O)CC1CC2(COC2)C1. The van der Waals surface area contributed by atoms with Crippen molar-refractivity contribution in [1.29, 1.82) is 0 Å². The molecule has 0 N–H and O–H groups in total. The third kappa shape index (κ3) is 1.64. The molecule has 0 unspecified atom stereocenters. The first-order valence-corrected chi connectivity index (χ1v) is 5.22. The summed E-state index contributed by atoms with van der Waals surface area (Å²) in [5.41, 5.74) is 0.516. The number of carbonyl (C=O) groups is 1. The van der Waals surface area contributed by atoms with Crippen LogP contribution in [0.3, 0.4) is 0 Å². The zero-order valence-electron chi connectivity index (χ0n) is 8.51. The molecule has 0 bridgehead atoms. The number of ketones is 1.